The summed E-state index contributed by atoms with van der Waals surface area (Å²) in [5.41, 5.74) is 0. The molecule has 1 nitrogen and oxygen atoms in total. The molecule has 0 spiro atoms. The van der Waals surface area contributed by atoms with Crippen LogP contribution in [0.2, 0.25) is 0 Å². The van der Waals surface area contributed by atoms with Gasteiger partial charge >= 0.3 is 0 Å². The van der Waals surface area contributed by atoms with Crippen LogP contribution in [0.15, 0.2) is 0 Å². The second kappa shape index (κ2) is 10.4. The van der Waals surface area contributed by atoms with Gasteiger partial charge in [0, 0.05) is 27.5 Å². The third kappa shape index (κ3) is 6.77. The average Bonchev–Trinajstić information content (AvgIpc) is 2.41. The van der Waals surface area contributed by atoms with E-state index in [0.29, 0.717) is 0 Å². The first-order valence-electron chi connectivity index (χ1n) is 8.19. The highest BCUT2D eigenvalue weighted by molar-refractivity contribution is 8.07. The van der Waals surface area contributed by atoms with Crippen LogP contribution in [-0.4, -0.2) is 34.1 Å². The molecule has 0 aromatic carbocycles. The zero-order valence-corrected chi connectivity index (χ0v) is 14.9. The van der Waals surface area contributed by atoms with Crippen LogP contribution in [0.4, 0.5) is 0 Å². The van der Waals surface area contributed by atoms with Gasteiger partial charge in [-0.2, -0.15) is 23.5 Å². The van der Waals surface area contributed by atoms with Gasteiger partial charge in [-0.05, 0) is 19.4 Å². The van der Waals surface area contributed by atoms with Gasteiger partial charge in [-0.3, -0.25) is 0 Å². The molecule has 4 unspecified atom stereocenters. The summed E-state index contributed by atoms with van der Waals surface area (Å²) in [6.07, 6.45) is 8.19. The minimum absolute atomic E-state index is 0.740. The minimum Gasteiger partial charge on any atom is -0.313 e. The molecule has 4 atom stereocenters. The number of thioether (sulfide) groups is 2. The Morgan fingerprint density at radius 1 is 1.05 bits per heavy atom. The van der Waals surface area contributed by atoms with Gasteiger partial charge in [-0.1, -0.05) is 53.4 Å². The minimum atomic E-state index is 0.740. The predicted molar refractivity (Wildman–Crippen MR) is 93.6 cm³/mol. The number of nitrogens with one attached hydrogen (secondary N) is 1. The standard InChI is InChI=1S/C16H33NS2/c1-5-7-8-9-10-15(17-11-6-2)16-12-18-13(3)14(4)19-16/h13-17H,5-12H2,1-4H3. The number of hydrogen-bond donors (Lipinski definition) is 1. The molecule has 0 aliphatic carbocycles. The largest absolute Gasteiger partial charge is 0.313 e. The summed E-state index contributed by atoms with van der Waals surface area (Å²) in [4.78, 5) is 0. The Kier molecular flexibility index (Phi) is 9.69. The van der Waals surface area contributed by atoms with E-state index in [1.54, 1.807) is 0 Å². The fourth-order valence-corrected chi connectivity index (χ4v) is 5.73. The van der Waals surface area contributed by atoms with E-state index >= 15 is 0 Å². The van der Waals surface area contributed by atoms with E-state index in [1.165, 1.54) is 50.8 Å². The Morgan fingerprint density at radius 2 is 1.84 bits per heavy atom. The molecule has 1 aliphatic rings. The lowest BCUT2D eigenvalue weighted by molar-refractivity contribution is 0.453. The van der Waals surface area contributed by atoms with Crippen molar-refractivity contribution >= 4 is 23.5 Å². The first-order valence-corrected chi connectivity index (χ1v) is 10.2. The molecule has 1 aliphatic heterocycles. The van der Waals surface area contributed by atoms with E-state index in [2.05, 4.69) is 56.5 Å². The Balaban J connectivity index is 2.38. The van der Waals surface area contributed by atoms with Crippen LogP contribution in [0.3, 0.4) is 0 Å². The number of unbranched alkanes of at least 4 members (excludes halogenated alkanes) is 3. The van der Waals surface area contributed by atoms with E-state index in [-0.39, 0.29) is 0 Å². The molecule has 1 N–H and O–H groups in total. The summed E-state index contributed by atoms with van der Waals surface area (Å²) in [7, 11) is 0. The number of hydrogen-bond acceptors (Lipinski definition) is 3. The van der Waals surface area contributed by atoms with Crippen molar-refractivity contribution in [3.8, 4) is 0 Å². The molecule has 1 saturated heterocycles. The highest BCUT2D eigenvalue weighted by Gasteiger charge is 2.30. The van der Waals surface area contributed by atoms with Gasteiger partial charge in [-0.15, -0.1) is 0 Å². The van der Waals surface area contributed by atoms with Crippen molar-refractivity contribution < 1.29 is 0 Å². The Bertz CT molecular complexity index is 223. The van der Waals surface area contributed by atoms with Crippen molar-refractivity contribution in [1.29, 1.82) is 0 Å². The van der Waals surface area contributed by atoms with Crippen molar-refractivity contribution in [1.82, 2.24) is 5.32 Å². The van der Waals surface area contributed by atoms with Gasteiger partial charge in [0.15, 0.2) is 0 Å². The van der Waals surface area contributed by atoms with Crippen molar-refractivity contribution in [2.24, 2.45) is 0 Å². The first kappa shape index (κ1) is 17.7. The lowest BCUT2D eigenvalue weighted by Crippen LogP contribution is -2.43. The molecular formula is C16H33NS2. The predicted octanol–water partition coefficient (Wildman–Crippen LogP) is 4.95. The average molecular weight is 304 g/mol. The molecule has 0 radical (unpaired) electrons. The summed E-state index contributed by atoms with van der Waals surface area (Å²) in [5.74, 6) is 1.34. The monoisotopic (exact) mass is 303 g/mol. The molecule has 0 amide bonds. The molecule has 19 heavy (non-hydrogen) atoms. The van der Waals surface area contributed by atoms with Crippen LogP contribution in [0.25, 0.3) is 0 Å². The van der Waals surface area contributed by atoms with Crippen molar-refractivity contribution in [2.45, 2.75) is 88.0 Å². The molecule has 1 rings (SSSR count). The maximum atomic E-state index is 3.82. The van der Waals surface area contributed by atoms with Crippen LogP contribution in [-0.2, 0) is 0 Å². The van der Waals surface area contributed by atoms with Crippen LogP contribution in [0.1, 0.15) is 66.2 Å². The van der Waals surface area contributed by atoms with Gasteiger partial charge in [0.25, 0.3) is 0 Å². The highest BCUT2D eigenvalue weighted by atomic mass is 32.2. The number of rotatable bonds is 9. The second-order valence-electron chi connectivity index (χ2n) is 5.83. The second-order valence-corrected chi connectivity index (χ2v) is 8.86. The van der Waals surface area contributed by atoms with Gasteiger partial charge in [0.05, 0.1) is 0 Å². The lowest BCUT2D eigenvalue weighted by atomic mass is 10.0. The van der Waals surface area contributed by atoms with Crippen molar-refractivity contribution in [2.75, 3.05) is 12.3 Å². The third-order valence-electron chi connectivity index (χ3n) is 4.05. The fraction of sp³-hybridized carbons (Fsp3) is 1.00. The Hall–Kier alpha value is 0.660. The van der Waals surface area contributed by atoms with Crippen LogP contribution in [0, 0.1) is 0 Å². The molecule has 114 valence electrons. The summed E-state index contributed by atoms with van der Waals surface area (Å²) >= 11 is 4.41. The molecule has 1 fully saturated rings. The highest BCUT2D eigenvalue weighted by Crippen LogP contribution is 2.37. The SMILES string of the molecule is CCCCCCC(NCCC)C1CSC(C)C(C)S1. The van der Waals surface area contributed by atoms with E-state index in [1.807, 2.05) is 0 Å². The third-order valence-corrected chi connectivity index (χ3v) is 7.60. The van der Waals surface area contributed by atoms with E-state index in [4.69, 9.17) is 0 Å². The lowest BCUT2D eigenvalue weighted by Gasteiger charge is -2.36. The van der Waals surface area contributed by atoms with Gasteiger partial charge in [-0.25, -0.2) is 0 Å². The van der Waals surface area contributed by atoms with Crippen molar-refractivity contribution in [3.05, 3.63) is 0 Å². The summed E-state index contributed by atoms with van der Waals surface area (Å²) in [5, 5.41) is 6.28. The summed E-state index contributed by atoms with van der Waals surface area (Å²) < 4.78 is 0. The van der Waals surface area contributed by atoms with Gasteiger partial charge in [0.2, 0.25) is 0 Å². The summed E-state index contributed by atoms with van der Waals surface area (Å²) in [6, 6.07) is 0.740. The Labute approximate surface area is 129 Å². The van der Waals surface area contributed by atoms with Gasteiger partial charge < -0.3 is 5.32 Å². The summed E-state index contributed by atoms with van der Waals surface area (Å²) in [6.45, 7) is 10.5. The Morgan fingerprint density at radius 3 is 2.47 bits per heavy atom. The fourth-order valence-electron chi connectivity index (χ4n) is 2.56. The van der Waals surface area contributed by atoms with E-state index in [0.717, 1.165) is 21.8 Å². The smallest absolute Gasteiger partial charge is 0.0294 e. The molecular weight excluding hydrogens is 270 g/mol. The van der Waals surface area contributed by atoms with Gasteiger partial charge in [0.1, 0.15) is 0 Å². The van der Waals surface area contributed by atoms with E-state index in [9.17, 15) is 0 Å². The zero-order chi connectivity index (χ0) is 14.1. The van der Waals surface area contributed by atoms with Crippen LogP contribution < -0.4 is 5.32 Å². The molecule has 0 saturated carbocycles. The molecule has 3 heteroatoms. The normalized spacial score (nSPS) is 29.4. The topological polar surface area (TPSA) is 12.0 Å². The van der Waals surface area contributed by atoms with Crippen molar-refractivity contribution in [3.63, 3.8) is 0 Å². The maximum Gasteiger partial charge on any atom is 0.0294 e. The molecule has 0 aromatic rings. The molecule has 1 heterocycles. The quantitative estimate of drug-likeness (QED) is 0.605. The maximum absolute atomic E-state index is 3.82. The van der Waals surface area contributed by atoms with Crippen LogP contribution in [0.5, 0.6) is 0 Å². The zero-order valence-electron chi connectivity index (χ0n) is 13.3. The first-order chi connectivity index (χ1) is 9.19. The molecule has 0 aromatic heterocycles. The van der Waals surface area contributed by atoms with Crippen LogP contribution >= 0.6 is 23.5 Å². The van der Waals surface area contributed by atoms with E-state index < -0.39 is 0 Å². The molecule has 0 bridgehead atoms.